The lowest BCUT2D eigenvalue weighted by molar-refractivity contribution is 0.387. The van der Waals surface area contributed by atoms with Gasteiger partial charge in [0, 0.05) is 0 Å². The van der Waals surface area contributed by atoms with Crippen LogP contribution in [-0.2, 0) is 17.3 Å². The molecule has 1 aromatic rings. The highest BCUT2D eigenvalue weighted by atomic mass is 35.5. The Kier molecular flexibility index (Phi) is 4.57. The van der Waals surface area contributed by atoms with Crippen LogP contribution in [0.4, 0.5) is 0 Å². The van der Waals surface area contributed by atoms with Crippen molar-refractivity contribution in [2.45, 2.75) is 0 Å². The maximum absolute atomic E-state index is 11.8. The highest BCUT2D eigenvalue weighted by Crippen LogP contribution is 2.51. The molecule has 0 aliphatic rings. The fourth-order valence-corrected chi connectivity index (χ4v) is 3.93. The predicted octanol–water partition coefficient (Wildman–Crippen LogP) is 1.65. The van der Waals surface area contributed by atoms with E-state index in [1.807, 2.05) is 0 Å². The standard InChI is InChI=1S/C6H6Cl2O6P2/c7-13-16(12,14-8)6-4-2-1-3-5(6)15(9,10)11/h1-4H,(H2,9,10,11). The predicted molar refractivity (Wildman–Crippen MR) is 59.2 cm³/mol. The quantitative estimate of drug-likeness (QED) is 0.822. The van der Waals surface area contributed by atoms with Crippen molar-refractivity contribution < 1.29 is 27.1 Å². The van der Waals surface area contributed by atoms with Crippen molar-refractivity contribution in [3.05, 3.63) is 24.3 Å². The Morgan fingerprint density at radius 2 is 1.44 bits per heavy atom. The summed E-state index contributed by atoms with van der Waals surface area (Å²) in [7, 11) is -8.76. The molecule has 0 saturated heterocycles. The Bertz CT molecular complexity index is 464. The largest absolute Gasteiger partial charge is 0.394 e. The third kappa shape index (κ3) is 2.86. The molecule has 1 rings (SSSR count). The summed E-state index contributed by atoms with van der Waals surface area (Å²) in [5.41, 5.74) is 0. The van der Waals surface area contributed by atoms with Crippen LogP contribution in [0.25, 0.3) is 0 Å². The maximum atomic E-state index is 11.8. The van der Waals surface area contributed by atoms with E-state index >= 15 is 0 Å². The van der Waals surface area contributed by atoms with Crippen LogP contribution < -0.4 is 10.6 Å². The van der Waals surface area contributed by atoms with E-state index in [1.54, 1.807) is 0 Å². The number of benzene rings is 1. The van der Waals surface area contributed by atoms with E-state index in [1.165, 1.54) is 12.1 Å². The molecule has 0 radical (unpaired) electrons. The van der Waals surface area contributed by atoms with Gasteiger partial charge in [0.25, 0.3) is 0 Å². The van der Waals surface area contributed by atoms with E-state index in [-0.39, 0.29) is 5.30 Å². The molecular formula is C6H6Cl2O6P2. The number of rotatable bonds is 4. The SMILES string of the molecule is O=P(O)(O)c1ccccc1P(=O)(OCl)OCl. The fourth-order valence-electron chi connectivity index (χ4n) is 1.03. The minimum absolute atomic E-state index is 0.381. The first-order chi connectivity index (χ1) is 7.35. The van der Waals surface area contributed by atoms with Gasteiger partial charge in [0.05, 0.1) is 34.3 Å². The van der Waals surface area contributed by atoms with Gasteiger partial charge < -0.3 is 9.79 Å². The smallest absolute Gasteiger partial charge is 0.321 e. The average Bonchev–Trinajstić information content (AvgIpc) is 2.27. The van der Waals surface area contributed by atoms with Gasteiger partial charge in [0.1, 0.15) is 0 Å². The molecule has 0 aliphatic heterocycles. The van der Waals surface area contributed by atoms with Crippen LogP contribution in [-0.4, -0.2) is 9.79 Å². The molecule has 2 N–H and O–H groups in total. The van der Waals surface area contributed by atoms with Crippen LogP contribution in [0, 0.1) is 0 Å². The number of halogens is 2. The topological polar surface area (TPSA) is 93.1 Å². The van der Waals surface area contributed by atoms with Gasteiger partial charge in [-0.25, -0.2) is 0 Å². The van der Waals surface area contributed by atoms with Crippen LogP contribution in [0.2, 0.25) is 0 Å². The van der Waals surface area contributed by atoms with Gasteiger partial charge in [-0.1, -0.05) is 12.1 Å². The van der Waals surface area contributed by atoms with Crippen LogP contribution in [0.5, 0.6) is 0 Å². The minimum atomic E-state index is -4.63. The first-order valence-corrected chi connectivity index (χ1v) is 7.49. The molecule has 1 aromatic carbocycles. The Hall–Kier alpha value is 0.1000. The zero-order chi connectivity index (χ0) is 12.4. The van der Waals surface area contributed by atoms with Crippen molar-refractivity contribution in [3.63, 3.8) is 0 Å². The Morgan fingerprint density at radius 3 is 1.81 bits per heavy atom. The van der Waals surface area contributed by atoms with Gasteiger partial charge >= 0.3 is 15.2 Å². The van der Waals surface area contributed by atoms with Crippen LogP contribution in [0.15, 0.2) is 24.3 Å². The molecule has 0 aromatic heterocycles. The van der Waals surface area contributed by atoms with Gasteiger partial charge in [0.2, 0.25) is 0 Å². The van der Waals surface area contributed by atoms with Crippen LogP contribution >= 0.6 is 38.9 Å². The first-order valence-electron chi connectivity index (χ1n) is 3.71. The summed E-state index contributed by atoms with van der Waals surface area (Å²) < 4.78 is 31.0. The molecule has 0 aliphatic carbocycles. The number of hydrogen-bond acceptors (Lipinski definition) is 4. The molecule has 10 heteroatoms. The van der Waals surface area contributed by atoms with Gasteiger partial charge in [0.15, 0.2) is 0 Å². The van der Waals surface area contributed by atoms with E-state index in [9.17, 15) is 9.13 Å². The lowest BCUT2D eigenvalue weighted by atomic mass is 10.4. The Labute approximate surface area is 101 Å². The summed E-state index contributed by atoms with van der Waals surface area (Å²) in [6.45, 7) is 0. The van der Waals surface area contributed by atoms with Crippen molar-refractivity contribution >= 4 is 49.5 Å². The first kappa shape index (κ1) is 14.2. The normalized spacial score (nSPS) is 12.8. The zero-order valence-corrected chi connectivity index (χ0v) is 10.8. The van der Waals surface area contributed by atoms with Crippen molar-refractivity contribution in [2.75, 3.05) is 0 Å². The number of hydrogen-bond donors (Lipinski definition) is 2. The maximum Gasteiger partial charge on any atom is 0.394 e. The molecule has 0 atom stereocenters. The van der Waals surface area contributed by atoms with E-state index in [4.69, 9.17) is 33.5 Å². The lowest BCUT2D eigenvalue weighted by Gasteiger charge is -2.14. The molecule has 90 valence electrons. The third-order valence-corrected chi connectivity index (χ3v) is 5.30. The second-order valence-corrected chi connectivity index (χ2v) is 6.82. The molecule has 0 unspecified atom stereocenters. The van der Waals surface area contributed by atoms with Gasteiger partial charge in [-0.3, -0.25) is 9.13 Å². The summed E-state index contributed by atoms with van der Waals surface area (Å²) in [6, 6.07) is 4.95. The summed E-state index contributed by atoms with van der Waals surface area (Å²) in [5.74, 6) is 0. The van der Waals surface area contributed by atoms with E-state index in [2.05, 4.69) is 8.15 Å². The molecule has 0 heterocycles. The van der Waals surface area contributed by atoms with Crippen molar-refractivity contribution in [3.8, 4) is 0 Å². The molecule has 0 amide bonds. The lowest BCUT2D eigenvalue weighted by Crippen LogP contribution is -2.25. The highest BCUT2D eigenvalue weighted by molar-refractivity contribution is 7.68. The zero-order valence-electron chi connectivity index (χ0n) is 7.49. The highest BCUT2D eigenvalue weighted by Gasteiger charge is 2.35. The molecular weight excluding hydrogens is 301 g/mol. The molecule has 0 fully saturated rings. The van der Waals surface area contributed by atoms with Crippen LogP contribution in [0.1, 0.15) is 0 Å². The van der Waals surface area contributed by atoms with Gasteiger partial charge in [-0.15, -0.1) is 0 Å². The molecule has 0 bridgehead atoms. The monoisotopic (exact) mass is 306 g/mol. The third-order valence-electron chi connectivity index (χ3n) is 1.67. The minimum Gasteiger partial charge on any atom is -0.321 e. The fraction of sp³-hybridized carbons (Fsp3) is 0. The van der Waals surface area contributed by atoms with Gasteiger partial charge in [-0.05, 0) is 12.1 Å². The van der Waals surface area contributed by atoms with E-state index in [0.29, 0.717) is 0 Å². The summed E-state index contributed by atoms with van der Waals surface area (Å²) in [6.07, 6.45) is 0. The second-order valence-electron chi connectivity index (χ2n) is 2.67. The van der Waals surface area contributed by atoms with E-state index < -0.39 is 20.5 Å². The van der Waals surface area contributed by atoms with Crippen molar-refractivity contribution in [1.82, 2.24) is 0 Å². The van der Waals surface area contributed by atoms with E-state index in [0.717, 1.165) is 12.1 Å². The van der Waals surface area contributed by atoms with Crippen molar-refractivity contribution in [1.29, 1.82) is 0 Å². The van der Waals surface area contributed by atoms with Crippen molar-refractivity contribution in [2.24, 2.45) is 0 Å². The summed E-state index contributed by atoms with van der Waals surface area (Å²) in [5, 5.41) is -0.895. The summed E-state index contributed by atoms with van der Waals surface area (Å²) in [4.78, 5) is 18.0. The summed E-state index contributed by atoms with van der Waals surface area (Å²) >= 11 is 9.88. The Balaban J connectivity index is 3.46. The molecule has 6 nitrogen and oxygen atoms in total. The molecule has 0 saturated carbocycles. The average molecular weight is 307 g/mol. The second kappa shape index (κ2) is 5.17. The van der Waals surface area contributed by atoms with Crippen LogP contribution in [0.3, 0.4) is 0 Å². The van der Waals surface area contributed by atoms with Gasteiger partial charge in [-0.2, -0.15) is 8.15 Å². The molecule has 0 spiro atoms. The molecule has 16 heavy (non-hydrogen) atoms. The Morgan fingerprint density at radius 1 is 1.00 bits per heavy atom.